The van der Waals surface area contributed by atoms with Crippen LogP contribution in [0.25, 0.3) is 10.2 Å². The fraction of sp³-hybridized carbons (Fsp3) is 0.176. The van der Waals surface area contributed by atoms with Crippen LogP contribution in [0.1, 0.15) is 5.56 Å². The van der Waals surface area contributed by atoms with Crippen molar-refractivity contribution >= 4 is 56.6 Å². The standard InChI is InChI=1S/C17H14N4O5S2/c1-10-6-11(21(24)25)2-3-13(10)20-14(22)7-26-15(23)8-28-17-12-4-5-27-16(12)18-9-19-17/h2-6,9H,7-8H2,1H3,(H,20,22). The summed E-state index contributed by atoms with van der Waals surface area (Å²) in [7, 11) is 0. The Kier molecular flexibility index (Phi) is 6.16. The van der Waals surface area contributed by atoms with Gasteiger partial charge in [0.2, 0.25) is 0 Å². The van der Waals surface area contributed by atoms with Crippen LogP contribution in [0.3, 0.4) is 0 Å². The fourth-order valence-corrected chi connectivity index (χ4v) is 3.86. The molecule has 3 rings (SSSR count). The number of hydrogen-bond acceptors (Lipinski definition) is 9. The van der Waals surface area contributed by atoms with Gasteiger partial charge in [0.1, 0.15) is 16.2 Å². The van der Waals surface area contributed by atoms with E-state index >= 15 is 0 Å². The highest BCUT2D eigenvalue weighted by Crippen LogP contribution is 2.27. The molecule has 0 saturated carbocycles. The SMILES string of the molecule is Cc1cc([N+](=O)[O-])ccc1NC(=O)COC(=O)CSc1ncnc2sccc12. The summed E-state index contributed by atoms with van der Waals surface area (Å²) in [4.78, 5) is 43.2. The molecule has 9 nitrogen and oxygen atoms in total. The molecule has 0 fully saturated rings. The zero-order valence-corrected chi connectivity index (χ0v) is 16.2. The molecule has 0 saturated heterocycles. The van der Waals surface area contributed by atoms with Crippen LogP contribution in [-0.2, 0) is 14.3 Å². The van der Waals surface area contributed by atoms with Gasteiger partial charge in [0.25, 0.3) is 11.6 Å². The van der Waals surface area contributed by atoms with Crippen LogP contribution >= 0.6 is 23.1 Å². The summed E-state index contributed by atoms with van der Waals surface area (Å²) < 4.78 is 4.97. The van der Waals surface area contributed by atoms with Crippen LogP contribution in [0, 0.1) is 17.0 Å². The van der Waals surface area contributed by atoms with Crippen molar-refractivity contribution in [2.45, 2.75) is 11.9 Å². The maximum absolute atomic E-state index is 12.0. The summed E-state index contributed by atoms with van der Waals surface area (Å²) in [5.74, 6) is -1.08. The number of nitrogens with zero attached hydrogens (tertiary/aromatic N) is 3. The molecular formula is C17H14N4O5S2. The lowest BCUT2D eigenvalue weighted by atomic mass is 10.2. The van der Waals surface area contributed by atoms with Crippen molar-refractivity contribution in [2.24, 2.45) is 0 Å². The molecule has 0 unspecified atom stereocenters. The number of hydrogen-bond donors (Lipinski definition) is 1. The third kappa shape index (κ3) is 4.81. The second-order valence-corrected chi connectivity index (χ2v) is 7.43. The average Bonchev–Trinajstić information content (AvgIpc) is 3.15. The van der Waals surface area contributed by atoms with Gasteiger partial charge in [-0.2, -0.15) is 0 Å². The number of esters is 1. The van der Waals surface area contributed by atoms with E-state index in [2.05, 4.69) is 15.3 Å². The number of benzene rings is 1. The molecule has 0 aliphatic carbocycles. The van der Waals surface area contributed by atoms with Crippen LogP contribution in [0.15, 0.2) is 41.0 Å². The summed E-state index contributed by atoms with van der Waals surface area (Å²) in [6.07, 6.45) is 1.44. The number of carbonyl (C=O) groups excluding carboxylic acids is 2. The highest BCUT2D eigenvalue weighted by Gasteiger charge is 2.13. The van der Waals surface area contributed by atoms with Crippen molar-refractivity contribution in [1.82, 2.24) is 9.97 Å². The van der Waals surface area contributed by atoms with Crippen molar-refractivity contribution < 1.29 is 19.2 Å². The average molecular weight is 418 g/mol. The molecule has 0 spiro atoms. The number of nitro groups is 1. The zero-order chi connectivity index (χ0) is 20.1. The molecule has 28 heavy (non-hydrogen) atoms. The first-order valence-electron chi connectivity index (χ1n) is 7.95. The van der Waals surface area contributed by atoms with Crippen molar-refractivity contribution in [2.75, 3.05) is 17.7 Å². The number of nitro benzene ring substituents is 1. The lowest BCUT2D eigenvalue weighted by Gasteiger charge is -2.09. The summed E-state index contributed by atoms with van der Waals surface area (Å²) in [5.41, 5.74) is 0.887. The molecule has 1 amide bonds. The molecular weight excluding hydrogens is 404 g/mol. The highest BCUT2D eigenvalue weighted by atomic mass is 32.2. The Hall–Kier alpha value is -3.05. The molecule has 1 aromatic carbocycles. The number of non-ortho nitro benzene ring substituents is 1. The first kappa shape index (κ1) is 19.7. The Morgan fingerprint density at radius 1 is 1.32 bits per heavy atom. The second-order valence-electron chi connectivity index (χ2n) is 5.57. The minimum atomic E-state index is -0.553. The van der Waals surface area contributed by atoms with Gasteiger partial charge in [-0.1, -0.05) is 11.8 Å². The molecule has 2 heterocycles. The Labute approximate surface area is 167 Å². The topological polar surface area (TPSA) is 124 Å². The van der Waals surface area contributed by atoms with E-state index in [9.17, 15) is 19.7 Å². The summed E-state index contributed by atoms with van der Waals surface area (Å²) in [6, 6.07) is 5.96. The maximum atomic E-state index is 12.0. The van der Waals surface area contributed by atoms with E-state index in [1.807, 2.05) is 11.4 Å². The normalized spacial score (nSPS) is 10.6. The quantitative estimate of drug-likeness (QED) is 0.204. The first-order chi connectivity index (χ1) is 13.4. The van der Waals surface area contributed by atoms with E-state index in [4.69, 9.17) is 4.74 Å². The molecule has 1 N–H and O–H groups in total. The number of aryl methyl sites for hydroxylation is 1. The van der Waals surface area contributed by atoms with Crippen molar-refractivity contribution in [3.63, 3.8) is 0 Å². The number of rotatable bonds is 7. The molecule has 0 radical (unpaired) electrons. The number of aromatic nitrogens is 2. The third-order valence-electron chi connectivity index (χ3n) is 3.61. The lowest BCUT2D eigenvalue weighted by Crippen LogP contribution is -2.22. The van der Waals surface area contributed by atoms with Crippen molar-refractivity contribution in [1.29, 1.82) is 0 Å². The molecule has 0 aliphatic rings. The van der Waals surface area contributed by atoms with E-state index in [0.29, 0.717) is 16.3 Å². The third-order valence-corrected chi connectivity index (χ3v) is 5.41. The van der Waals surface area contributed by atoms with E-state index in [1.54, 1.807) is 6.92 Å². The van der Waals surface area contributed by atoms with Crippen LogP contribution in [-0.4, -0.2) is 39.1 Å². The molecule has 0 aliphatic heterocycles. The largest absolute Gasteiger partial charge is 0.455 e. The molecule has 0 bridgehead atoms. The van der Waals surface area contributed by atoms with Gasteiger partial charge >= 0.3 is 5.97 Å². The van der Waals surface area contributed by atoms with Gasteiger partial charge in [0, 0.05) is 23.2 Å². The number of thioether (sulfide) groups is 1. The molecule has 2 aromatic heterocycles. The monoisotopic (exact) mass is 418 g/mol. The van der Waals surface area contributed by atoms with Gasteiger partial charge < -0.3 is 10.1 Å². The van der Waals surface area contributed by atoms with Gasteiger partial charge in [0.05, 0.1) is 10.7 Å². The van der Waals surface area contributed by atoms with Crippen molar-refractivity contribution in [3.05, 3.63) is 51.7 Å². The Morgan fingerprint density at radius 3 is 2.89 bits per heavy atom. The minimum absolute atomic E-state index is 0.00575. The van der Waals surface area contributed by atoms with Crippen LogP contribution in [0.4, 0.5) is 11.4 Å². The molecule has 11 heteroatoms. The zero-order valence-electron chi connectivity index (χ0n) is 14.6. The van der Waals surface area contributed by atoms with Crippen LogP contribution < -0.4 is 5.32 Å². The predicted molar refractivity (Wildman–Crippen MR) is 106 cm³/mol. The van der Waals surface area contributed by atoms with Gasteiger partial charge in [-0.25, -0.2) is 9.97 Å². The number of carbonyl (C=O) groups is 2. The minimum Gasteiger partial charge on any atom is -0.455 e. The maximum Gasteiger partial charge on any atom is 0.316 e. The van der Waals surface area contributed by atoms with E-state index < -0.39 is 23.4 Å². The van der Waals surface area contributed by atoms with Crippen molar-refractivity contribution in [3.8, 4) is 0 Å². The Morgan fingerprint density at radius 2 is 2.14 bits per heavy atom. The number of ether oxygens (including phenoxy) is 1. The number of amides is 1. The number of nitrogens with one attached hydrogen (secondary N) is 1. The number of fused-ring (bicyclic) bond motifs is 1. The number of thiophene rings is 1. The summed E-state index contributed by atoms with van der Waals surface area (Å²) >= 11 is 2.69. The molecule has 0 atom stereocenters. The highest BCUT2D eigenvalue weighted by molar-refractivity contribution is 8.00. The van der Waals surface area contributed by atoms with E-state index in [-0.39, 0.29) is 11.4 Å². The van der Waals surface area contributed by atoms with Gasteiger partial charge in [0.15, 0.2) is 6.61 Å². The smallest absolute Gasteiger partial charge is 0.316 e. The molecule has 3 aromatic rings. The van der Waals surface area contributed by atoms with Gasteiger partial charge in [-0.15, -0.1) is 11.3 Å². The van der Waals surface area contributed by atoms with Gasteiger partial charge in [-0.3, -0.25) is 19.7 Å². The Bertz CT molecular complexity index is 1050. The Balaban J connectivity index is 1.48. The summed E-state index contributed by atoms with van der Waals surface area (Å²) in [6.45, 7) is 1.19. The van der Waals surface area contributed by atoms with Gasteiger partial charge in [-0.05, 0) is 30.0 Å². The summed E-state index contributed by atoms with van der Waals surface area (Å²) in [5, 5.41) is 16.7. The first-order valence-corrected chi connectivity index (χ1v) is 9.82. The van der Waals surface area contributed by atoms with E-state index in [0.717, 1.165) is 10.2 Å². The predicted octanol–water partition coefficient (Wildman–Crippen LogP) is 3.18. The van der Waals surface area contributed by atoms with E-state index in [1.165, 1.54) is 47.6 Å². The lowest BCUT2D eigenvalue weighted by molar-refractivity contribution is -0.384. The fourth-order valence-electron chi connectivity index (χ4n) is 2.29. The van der Waals surface area contributed by atoms with Crippen LogP contribution in [0.2, 0.25) is 0 Å². The molecule has 144 valence electrons. The number of anilines is 1. The second kappa shape index (κ2) is 8.76. The van der Waals surface area contributed by atoms with Crippen LogP contribution in [0.5, 0.6) is 0 Å².